The minimum atomic E-state index is 1.09. The zero-order chi connectivity index (χ0) is 10.5. The van der Waals surface area contributed by atoms with Gasteiger partial charge in [0.25, 0.3) is 0 Å². The van der Waals surface area contributed by atoms with Crippen molar-refractivity contribution in [1.29, 1.82) is 0 Å². The van der Waals surface area contributed by atoms with Crippen molar-refractivity contribution >= 4 is 0 Å². The molecule has 0 aromatic carbocycles. The maximum Gasteiger partial charge on any atom is -0.0404 e. The number of unbranched alkanes of at least 4 members (excludes halogenated alkanes) is 2. The smallest absolute Gasteiger partial charge is 0.0404 e. The number of allylic oxidation sites excluding steroid dienone is 5. The largest absolute Gasteiger partial charge is 0.0961 e. The van der Waals surface area contributed by atoms with E-state index < -0.39 is 0 Å². The van der Waals surface area contributed by atoms with Gasteiger partial charge in [0.1, 0.15) is 0 Å². The van der Waals surface area contributed by atoms with Crippen molar-refractivity contribution < 1.29 is 0 Å². The average molecular weight is 180 g/mol. The van der Waals surface area contributed by atoms with Crippen molar-refractivity contribution in [3.8, 4) is 0 Å². The first-order valence-electron chi connectivity index (χ1n) is 5.13. The van der Waals surface area contributed by atoms with Crippen LogP contribution in [0.15, 0.2) is 36.5 Å². The Morgan fingerprint density at radius 1 is 1.15 bits per heavy atom. The summed E-state index contributed by atoms with van der Waals surface area (Å²) in [5.74, 6) is 0. The van der Waals surface area contributed by atoms with Crippen LogP contribution in [-0.2, 0) is 0 Å². The fourth-order valence-corrected chi connectivity index (χ4v) is 0.684. The predicted molar refractivity (Wildman–Crippen MR) is 64.0 cm³/mol. The molecule has 0 aromatic heterocycles. The van der Waals surface area contributed by atoms with Crippen LogP contribution in [0.1, 0.15) is 47.0 Å². The summed E-state index contributed by atoms with van der Waals surface area (Å²) in [6, 6.07) is 0. The van der Waals surface area contributed by atoms with Crippen molar-refractivity contribution in [2.45, 2.75) is 47.0 Å². The normalized spacial score (nSPS) is 10.2. The van der Waals surface area contributed by atoms with Crippen molar-refractivity contribution in [1.82, 2.24) is 0 Å². The molecular formula is C13H24. The van der Waals surface area contributed by atoms with Crippen LogP contribution in [0.5, 0.6) is 0 Å². The lowest BCUT2D eigenvalue weighted by atomic mass is 10.3. The minimum Gasteiger partial charge on any atom is -0.0961 e. The summed E-state index contributed by atoms with van der Waals surface area (Å²) in [7, 11) is 0. The molecule has 0 aromatic rings. The molecule has 0 nitrogen and oxygen atoms in total. The van der Waals surface area contributed by atoms with Crippen molar-refractivity contribution in [2.75, 3.05) is 0 Å². The molecule has 0 amide bonds. The SMILES string of the molecule is C=C(C)/C=C\C=C/C.CCCCC. The Labute approximate surface area is 84.1 Å². The first-order chi connectivity index (χ1) is 6.18. The zero-order valence-electron chi connectivity index (χ0n) is 9.64. The summed E-state index contributed by atoms with van der Waals surface area (Å²) in [4.78, 5) is 0. The molecule has 0 aliphatic heterocycles. The van der Waals surface area contributed by atoms with Gasteiger partial charge in [0, 0.05) is 0 Å². The van der Waals surface area contributed by atoms with Crippen LogP contribution >= 0.6 is 0 Å². The van der Waals surface area contributed by atoms with Gasteiger partial charge in [-0.2, -0.15) is 0 Å². The monoisotopic (exact) mass is 180 g/mol. The summed E-state index contributed by atoms with van der Waals surface area (Å²) in [5, 5.41) is 0. The summed E-state index contributed by atoms with van der Waals surface area (Å²) >= 11 is 0. The van der Waals surface area contributed by atoms with Crippen LogP contribution in [0.25, 0.3) is 0 Å². The van der Waals surface area contributed by atoms with E-state index in [4.69, 9.17) is 0 Å². The Morgan fingerprint density at radius 2 is 1.69 bits per heavy atom. The van der Waals surface area contributed by atoms with Gasteiger partial charge in [-0.15, -0.1) is 0 Å². The van der Waals surface area contributed by atoms with Crippen LogP contribution in [0.3, 0.4) is 0 Å². The lowest BCUT2D eigenvalue weighted by Gasteiger charge is -1.79. The molecule has 0 saturated carbocycles. The molecule has 0 saturated heterocycles. The highest BCUT2D eigenvalue weighted by atomic mass is 13.7. The fourth-order valence-electron chi connectivity index (χ4n) is 0.684. The van der Waals surface area contributed by atoms with E-state index in [1.165, 1.54) is 19.3 Å². The molecule has 76 valence electrons. The highest BCUT2D eigenvalue weighted by molar-refractivity contribution is 5.16. The highest BCUT2D eigenvalue weighted by Crippen LogP contribution is 1.88. The number of hydrogen-bond acceptors (Lipinski definition) is 0. The van der Waals surface area contributed by atoms with Gasteiger partial charge in [0.2, 0.25) is 0 Å². The van der Waals surface area contributed by atoms with Crippen LogP contribution in [-0.4, -0.2) is 0 Å². The molecular weight excluding hydrogens is 156 g/mol. The summed E-state index contributed by atoms with van der Waals surface area (Å²) in [6.45, 7) is 12.1. The summed E-state index contributed by atoms with van der Waals surface area (Å²) < 4.78 is 0. The van der Waals surface area contributed by atoms with E-state index in [0.717, 1.165) is 5.57 Å². The van der Waals surface area contributed by atoms with Gasteiger partial charge in [0.05, 0.1) is 0 Å². The van der Waals surface area contributed by atoms with Crippen molar-refractivity contribution in [2.24, 2.45) is 0 Å². The second-order valence-electron chi connectivity index (χ2n) is 3.08. The van der Waals surface area contributed by atoms with E-state index in [1.807, 2.05) is 38.2 Å². The van der Waals surface area contributed by atoms with Crippen LogP contribution in [0.2, 0.25) is 0 Å². The van der Waals surface area contributed by atoms with E-state index in [9.17, 15) is 0 Å². The second-order valence-corrected chi connectivity index (χ2v) is 3.08. The lowest BCUT2D eigenvalue weighted by Crippen LogP contribution is -1.59. The maximum absolute atomic E-state index is 3.71. The zero-order valence-corrected chi connectivity index (χ0v) is 9.64. The van der Waals surface area contributed by atoms with Crippen LogP contribution in [0, 0.1) is 0 Å². The van der Waals surface area contributed by atoms with Gasteiger partial charge in [-0.3, -0.25) is 0 Å². The van der Waals surface area contributed by atoms with Gasteiger partial charge in [-0.05, 0) is 13.8 Å². The standard InChI is InChI=1S/C8H12.C5H12/c1-4-5-6-7-8(2)3;1-3-5-4-2/h4-7H,2H2,1,3H3;3-5H2,1-2H3/b5-4-,7-6-;. The van der Waals surface area contributed by atoms with Gasteiger partial charge >= 0.3 is 0 Å². The average Bonchev–Trinajstić information content (AvgIpc) is 2.07. The van der Waals surface area contributed by atoms with Gasteiger partial charge < -0.3 is 0 Å². The first-order valence-corrected chi connectivity index (χ1v) is 5.13. The van der Waals surface area contributed by atoms with E-state index in [2.05, 4.69) is 20.4 Å². The number of rotatable bonds is 4. The van der Waals surface area contributed by atoms with Crippen LogP contribution in [0.4, 0.5) is 0 Å². The maximum atomic E-state index is 3.71. The Hall–Kier alpha value is -0.780. The Kier molecular flexibility index (Phi) is 15.6. The summed E-state index contributed by atoms with van der Waals surface area (Å²) in [6.07, 6.45) is 12.0. The molecule has 0 radical (unpaired) electrons. The van der Waals surface area contributed by atoms with E-state index in [1.54, 1.807) is 0 Å². The molecule has 0 N–H and O–H groups in total. The molecule has 0 fully saturated rings. The molecule has 0 rings (SSSR count). The predicted octanol–water partition coefficient (Wildman–Crippen LogP) is 4.89. The molecule has 0 aliphatic carbocycles. The quantitative estimate of drug-likeness (QED) is 0.540. The van der Waals surface area contributed by atoms with Gasteiger partial charge in [-0.25, -0.2) is 0 Å². The van der Waals surface area contributed by atoms with Crippen LogP contribution < -0.4 is 0 Å². The minimum absolute atomic E-state index is 1.09. The van der Waals surface area contributed by atoms with Crippen molar-refractivity contribution in [3.05, 3.63) is 36.5 Å². The molecule has 0 heteroatoms. The molecule has 0 heterocycles. The Morgan fingerprint density at radius 3 is 1.92 bits per heavy atom. The molecule has 13 heavy (non-hydrogen) atoms. The Balaban J connectivity index is 0. The summed E-state index contributed by atoms with van der Waals surface area (Å²) in [5.41, 5.74) is 1.09. The van der Waals surface area contributed by atoms with Gasteiger partial charge in [0.15, 0.2) is 0 Å². The fraction of sp³-hybridized carbons (Fsp3) is 0.538. The molecule has 0 spiro atoms. The molecule has 0 aliphatic rings. The Bertz CT molecular complexity index is 147. The number of hydrogen-bond donors (Lipinski definition) is 0. The second kappa shape index (κ2) is 13.8. The molecule has 0 bridgehead atoms. The van der Waals surface area contributed by atoms with Gasteiger partial charge in [-0.1, -0.05) is 69.6 Å². The van der Waals surface area contributed by atoms with E-state index in [0.29, 0.717) is 0 Å². The lowest BCUT2D eigenvalue weighted by molar-refractivity contribution is 0.772. The van der Waals surface area contributed by atoms with Crippen molar-refractivity contribution in [3.63, 3.8) is 0 Å². The molecule has 0 unspecified atom stereocenters. The first kappa shape index (κ1) is 14.7. The molecule has 0 atom stereocenters. The topological polar surface area (TPSA) is 0 Å². The third kappa shape index (κ3) is 24.7. The highest BCUT2D eigenvalue weighted by Gasteiger charge is 1.68. The van der Waals surface area contributed by atoms with E-state index in [-0.39, 0.29) is 0 Å². The third-order valence-electron chi connectivity index (χ3n) is 1.39. The third-order valence-corrected chi connectivity index (χ3v) is 1.39. The van der Waals surface area contributed by atoms with E-state index >= 15 is 0 Å².